The van der Waals surface area contributed by atoms with Crippen LogP contribution in [-0.4, -0.2) is 24.2 Å². The summed E-state index contributed by atoms with van der Waals surface area (Å²) < 4.78 is 0. The first-order chi connectivity index (χ1) is 8.81. The van der Waals surface area contributed by atoms with E-state index in [0.29, 0.717) is 12.5 Å². The van der Waals surface area contributed by atoms with Gasteiger partial charge in [-0.25, -0.2) is 0 Å². The number of amides is 1. The third-order valence-electron chi connectivity index (χ3n) is 3.49. The number of carbonyl (C=O) groups is 1. The average molecular weight is 247 g/mol. The Bertz CT molecular complexity index is 373. The molecule has 98 valence electrons. The smallest absolute Gasteiger partial charge is 0.223 e. The molecular formula is C15H21NO2. The predicted octanol–water partition coefficient (Wildman–Crippen LogP) is 2.07. The molecule has 0 spiro atoms. The Kier molecular flexibility index (Phi) is 4.76. The van der Waals surface area contributed by atoms with Gasteiger partial charge in [-0.1, -0.05) is 30.3 Å². The zero-order valence-electron chi connectivity index (χ0n) is 10.6. The molecule has 3 nitrogen and oxygen atoms in total. The minimum Gasteiger partial charge on any atom is -0.396 e. The highest BCUT2D eigenvalue weighted by atomic mass is 16.3. The highest BCUT2D eigenvalue weighted by molar-refractivity contribution is 5.80. The molecule has 0 aliphatic heterocycles. The molecule has 1 aliphatic rings. The van der Waals surface area contributed by atoms with Crippen molar-refractivity contribution in [1.29, 1.82) is 0 Å². The van der Waals surface area contributed by atoms with Crippen molar-refractivity contribution in [3.05, 3.63) is 35.9 Å². The topological polar surface area (TPSA) is 49.3 Å². The van der Waals surface area contributed by atoms with Crippen molar-refractivity contribution in [3.63, 3.8) is 0 Å². The van der Waals surface area contributed by atoms with Gasteiger partial charge in [0, 0.05) is 19.1 Å². The van der Waals surface area contributed by atoms with Gasteiger partial charge in [0.25, 0.3) is 0 Å². The molecule has 1 aromatic carbocycles. The third-order valence-corrected chi connectivity index (χ3v) is 3.49. The third kappa shape index (κ3) is 3.84. The van der Waals surface area contributed by atoms with E-state index in [4.69, 9.17) is 5.11 Å². The summed E-state index contributed by atoms with van der Waals surface area (Å²) in [5.74, 6) is 0.805. The lowest BCUT2D eigenvalue weighted by molar-refractivity contribution is -0.122. The first-order valence-electron chi connectivity index (χ1n) is 6.74. The lowest BCUT2D eigenvalue weighted by Crippen LogP contribution is -2.27. The van der Waals surface area contributed by atoms with E-state index in [1.165, 1.54) is 5.56 Å². The fourth-order valence-corrected chi connectivity index (χ4v) is 2.22. The molecule has 1 aliphatic carbocycles. The first-order valence-corrected chi connectivity index (χ1v) is 6.74. The standard InChI is InChI=1S/C15H21NO2/c17-11-9-13(12-4-2-1-3-5-12)8-10-16-15(18)14-6-7-14/h1-5,13-14,17H,6-11H2,(H,16,18). The normalized spacial score (nSPS) is 16.3. The van der Waals surface area contributed by atoms with Crippen molar-refractivity contribution in [1.82, 2.24) is 5.32 Å². The summed E-state index contributed by atoms with van der Waals surface area (Å²) in [5, 5.41) is 12.1. The van der Waals surface area contributed by atoms with Gasteiger partial charge >= 0.3 is 0 Å². The molecule has 3 heteroatoms. The molecule has 1 unspecified atom stereocenters. The second-order valence-corrected chi connectivity index (χ2v) is 4.97. The minimum absolute atomic E-state index is 0.191. The molecule has 1 atom stereocenters. The molecule has 2 N–H and O–H groups in total. The monoisotopic (exact) mass is 247 g/mol. The van der Waals surface area contributed by atoms with Gasteiger partial charge in [-0.3, -0.25) is 4.79 Å². The molecule has 1 saturated carbocycles. The lowest BCUT2D eigenvalue weighted by atomic mass is 9.93. The van der Waals surface area contributed by atoms with Gasteiger partial charge < -0.3 is 10.4 Å². The molecular weight excluding hydrogens is 226 g/mol. The molecule has 0 heterocycles. The maximum Gasteiger partial charge on any atom is 0.223 e. The van der Waals surface area contributed by atoms with E-state index >= 15 is 0 Å². The first kappa shape index (κ1) is 13.1. The molecule has 0 saturated heterocycles. The van der Waals surface area contributed by atoms with Crippen molar-refractivity contribution < 1.29 is 9.90 Å². The Hall–Kier alpha value is -1.35. The zero-order valence-corrected chi connectivity index (χ0v) is 10.6. The summed E-state index contributed by atoms with van der Waals surface area (Å²) in [5.41, 5.74) is 1.24. The number of nitrogens with one attached hydrogen (secondary N) is 1. The van der Waals surface area contributed by atoms with E-state index in [9.17, 15) is 4.79 Å². The van der Waals surface area contributed by atoms with E-state index < -0.39 is 0 Å². The van der Waals surface area contributed by atoms with Gasteiger partial charge in [-0.2, -0.15) is 0 Å². The van der Waals surface area contributed by atoms with Crippen LogP contribution < -0.4 is 5.32 Å². The van der Waals surface area contributed by atoms with E-state index in [1.807, 2.05) is 18.2 Å². The highest BCUT2D eigenvalue weighted by Gasteiger charge is 2.29. The number of hydrogen-bond donors (Lipinski definition) is 2. The van der Waals surface area contributed by atoms with Crippen LogP contribution in [0.5, 0.6) is 0 Å². The number of benzene rings is 1. The van der Waals surface area contributed by atoms with Crippen molar-refractivity contribution >= 4 is 5.91 Å². The summed E-state index contributed by atoms with van der Waals surface area (Å²) in [7, 11) is 0. The van der Waals surface area contributed by atoms with Crippen molar-refractivity contribution in [2.45, 2.75) is 31.6 Å². The maximum atomic E-state index is 11.5. The van der Waals surface area contributed by atoms with Crippen molar-refractivity contribution in [2.24, 2.45) is 5.92 Å². The molecule has 0 radical (unpaired) electrons. The van der Waals surface area contributed by atoms with Gasteiger partial charge in [0.15, 0.2) is 0 Å². The van der Waals surface area contributed by atoms with Crippen LogP contribution in [0.15, 0.2) is 30.3 Å². The largest absolute Gasteiger partial charge is 0.396 e. The number of aliphatic hydroxyl groups excluding tert-OH is 1. The molecule has 0 aromatic heterocycles. The number of carbonyl (C=O) groups excluding carboxylic acids is 1. The Balaban J connectivity index is 1.80. The van der Waals surface area contributed by atoms with Gasteiger partial charge in [0.1, 0.15) is 0 Å². The second-order valence-electron chi connectivity index (χ2n) is 4.97. The fraction of sp³-hybridized carbons (Fsp3) is 0.533. The van der Waals surface area contributed by atoms with Gasteiger partial charge in [-0.15, -0.1) is 0 Å². The Morgan fingerprint density at radius 3 is 2.61 bits per heavy atom. The zero-order chi connectivity index (χ0) is 12.8. The summed E-state index contributed by atoms with van der Waals surface area (Å²) in [6.45, 7) is 0.894. The van der Waals surface area contributed by atoms with E-state index in [1.54, 1.807) is 0 Å². The molecule has 1 fully saturated rings. The summed E-state index contributed by atoms with van der Waals surface area (Å²) >= 11 is 0. The SMILES string of the molecule is O=C(NCCC(CCO)c1ccccc1)C1CC1. The summed E-state index contributed by atoms with van der Waals surface area (Å²) in [4.78, 5) is 11.5. The summed E-state index contributed by atoms with van der Waals surface area (Å²) in [6, 6.07) is 10.2. The van der Waals surface area contributed by atoms with Crippen LogP contribution in [0.2, 0.25) is 0 Å². The second kappa shape index (κ2) is 6.55. The predicted molar refractivity (Wildman–Crippen MR) is 71.2 cm³/mol. The average Bonchev–Trinajstić information content (AvgIpc) is 3.23. The lowest BCUT2D eigenvalue weighted by Gasteiger charge is -2.16. The highest BCUT2D eigenvalue weighted by Crippen LogP contribution is 2.29. The fourth-order valence-electron chi connectivity index (χ4n) is 2.22. The minimum atomic E-state index is 0.191. The van der Waals surface area contributed by atoms with Crippen LogP contribution in [0.4, 0.5) is 0 Å². The molecule has 0 bridgehead atoms. The van der Waals surface area contributed by atoms with Crippen LogP contribution in [0.25, 0.3) is 0 Å². The quantitative estimate of drug-likeness (QED) is 0.775. The maximum absolute atomic E-state index is 11.5. The number of rotatable bonds is 7. The van der Waals surface area contributed by atoms with E-state index in [2.05, 4.69) is 17.4 Å². The molecule has 18 heavy (non-hydrogen) atoms. The molecule has 1 amide bonds. The van der Waals surface area contributed by atoms with Crippen LogP contribution in [-0.2, 0) is 4.79 Å². The Morgan fingerprint density at radius 1 is 1.28 bits per heavy atom. The van der Waals surface area contributed by atoms with Crippen LogP contribution in [0.3, 0.4) is 0 Å². The van der Waals surface area contributed by atoms with E-state index in [0.717, 1.165) is 25.7 Å². The van der Waals surface area contributed by atoms with Crippen LogP contribution in [0, 0.1) is 5.92 Å². The van der Waals surface area contributed by atoms with Gasteiger partial charge in [0.2, 0.25) is 5.91 Å². The molecule has 2 rings (SSSR count). The summed E-state index contributed by atoms with van der Waals surface area (Å²) in [6.07, 6.45) is 3.74. The van der Waals surface area contributed by atoms with E-state index in [-0.39, 0.29) is 18.4 Å². The Morgan fingerprint density at radius 2 is 2.00 bits per heavy atom. The number of hydrogen-bond acceptors (Lipinski definition) is 2. The van der Waals surface area contributed by atoms with Crippen molar-refractivity contribution in [3.8, 4) is 0 Å². The Labute approximate surface area is 108 Å². The van der Waals surface area contributed by atoms with Gasteiger partial charge in [0.05, 0.1) is 0 Å². The van der Waals surface area contributed by atoms with Crippen LogP contribution in [0.1, 0.15) is 37.2 Å². The van der Waals surface area contributed by atoms with Gasteiger partial charge in [-0.05, 0) is 37.2 Å². The van der Waals surface area contributed by atoms with Crippen molar-refractivity contribution in [2.75, 3.05) is 13.2 Å². The number of aliphatic hydroxyl groups is 1. The molecule has 1 aromatic rings. The van der Waals surface area contributed by atoms with Crippen LogP contribution >= 0.6 is 0 Å².